The molecule has 2 rings (SSSR count). The van der Waals surface area contributed by atoms with E-state index < -0.39 is 10.0 Å². The summed E-state index contributed by atoms with van der Waals surface area (Å²) in [7, 11) is -3.40. The molecule has 1 aromatic rings. The van der Waals surface area contributed by atoms with Crippen molar-refractivity contribution in [1.82, 2.24) is 4.31 Å². The van der Waals surface area contributed by atoms with Crippen LogP contribution in [-0.2, 0) is 10.0 Å². The highest BCUT2D eigenvalue weighted by atomic mass is 35.5. The first-order valence-electron chi connectivity index (χ1n) is 6.13. The van der Waals surface area contributed by atoms with Crippen LogP contribution < -0.4 is 0 Å². The predicted octanol–water partition coefficient (Wildman–Crippen LogP) is 2.70. The quantitative estimate of drug-likeness (QED) is 0.784. The van der Waals surface area contributed by atoms with Gasteiger partial charge in [0, 0.05) is 18.5 Å². The van der Waals surface area contributed by atoms with Crippen LogP contribution in [-0.4, -0.2) is 31.2 Å². The average molecular weight is 288 g/mol. The van der Waals surface area contributed by atoms with E-state index in [1.807, 2.05) is 26.0 Å². The van der Waals surface area contributed by atoms with Crippen LogP contribution in [0.25, 0.3) is 0 Å². The van der Waals surface area contributed by atoms with E-state index in [0.29, 0.717) is 18.0 Å². The Hall–Kier alpha value is -0.580. The normalized spacial score (nSPS) is 22.1. The molecule has 0 saturated carbocycles. The SMILES string of the molecule is Cc1ccc(C)c(S(=O)(=O)N2CCCC(Cl)C2)c1. The number of piperidine rings is 1. The maximum absolute atomic E-state index is 12.6. The zero-order valence-electron chi connectivity index (χ0n) is 10.7. The van der Waals surface area contributed by atoms with Crippen molar-refractivity contribution >= 4 is 21.6 Å². The lowest BCUT2D eigenvalue weighted by atomic mass is 10.2. The standard InChI is InChI=1S/C13H18ClNO2S/c1-10-5-6-11(2)13(8-10)18(16,17)15-7-3-4-12(14)9-15/h5-6,8,12H,3-4,7,9H2,1-2H3. The van der Waals surface area contributed by atoms with Gasteiger partial charge < -0.3 is 0 Å². The molecule has 100 valence electrons. The Morgan fingerprint density at radius 3 is 2.72 bits per heavy atom. The van der Waals surface area contributed by atoms with E-state index in [2.05, 4.69) is 0 Å². The molecule has 1 aromatic carbocycles. The van der Waals surface area contributed by atoms with Crippen molar-refractivity contribution in [1.29, 1.82) is 0 Å². The molecule has 0 radical (unpaired) electrons. The molecule has 0 spiro atoms. The van der Waals surface area contributed by atoms with E-state index in [0.717, 1.165) is 24.0 Å². The lowest BCUT2D eigenvalue weighted by Crippen LogP contribution is -2.40. The van der Waals surface area contributed by atoms with Crippen LogP contribution in [0.1, 0.15) is 24.0 Å². The van der Waals surface area contributed by atoms with E-state index in [4.69, 9.17) is 11.6 Å². The molecule has 5 heteroatoms. The summed E-state index contributed by atoms with van der Waals surface area (Å²) in [5.74, 6) is 0. The fraction of sp³-hybridized carbons (Fsp3) is 0.538. The second-order valence-electron chi connectivity index (χ2n) is 4.87. The zero-order chi connectivity index (χ0) is 13.3. The second-order valence-corrected chi connectivity index (χ2v) is 7.40. The van der Waals surface area contributed by atoms with Crippen molar-refractivity contribution < 1.29 is 8.42 Å². The zero-order valence-corrected chi connectivity index (χ0v) is 12.3. The van der Waals surface area contributed by atoms with E-state index in [9.17, 15) is 8.42 Å². The van der Waals surface area contributed by atoms with Crippen LogP contribution in [0.4, 0.5) is 0 Å². The first-order valence-corrected chi connectivity index (χ1v) is 8.00. The summed E-state index contributed by atoms with van der Waals surface area (Å²) in [4.78, 5) is 0.410. The first-order chi connectivity index (χ1) is 8.41. The highest BCUT2D eigenvalue weighted by Crippen LogP contribution is 2.25. The molecular weight excluding hydrogens is 270 g/mol. The lowest BCUT2D eigenvalue weighted by Gasteiger charge is -2.29. The molecule has 1 atom stereocenters. The molecule has 1 heterocycles. The molecule has 1 aliphatic heterocycles. The minimum Gasteiger partial charge on any atom is -0.207 e. The van der Waals surface area contributed by atoms with Gasteiger partial charge >= 0.3 is 0 Å². The Bertz CT molecular complexity index is 542. The summed E-state index contributed by atoms with van der Waals surface area (Å²) in [5, 5.41) is -0.0707. The summed E-state index contributed by atoms with van der Waals surface area (Å²) in [6, 6.07) is 5.52. The van der Waals surface area contributed by atoms with E-state index in [-0.39, 0.29) is 5.38 Å². The van der Waals surface area contributed by atoms with Gasteiger partial charge in [-0.25, -0.2) is 8.42 Å². The van der Waals surface area contributed by atoms with Gasteiger partial charge in [0.25, 0.3) is 0 Å². The van der Waals surface area contributed by atoms with E-state index in [1.54, 1.807) is 6.07 Å². The van der Waals surface area contributed by atoms with E-state index in [1.165, 1.54) is 4.31 Å². The average Bonchev–Trinajstić information content (AvgIpc) is 2.32. The molecule has 1 saturated heterocycles. The first kappa shape index (κ1) is 13.8. The molecule has 18 heavy (non-hydrogen) atoms. The van der Waals surface area contributed by atoms with Crippen LogP contribution >= 0.6 is 11.6 Å². The van der Waals surface area contributed by atoms with Crippen LogP contribution in [0, 0.1) is 13.8 Å². The summed E-state index contributed by atoms with van der Waals surface area (Å²) in [6.07, 6.45) is 1.72. The number of alkyl halides is 1. The summed E-state index contributed by atoms with van der Waals surface area (Å²) < 4.78 is 26.7. The fourth-order valence-corrected chi connectivity index (χ4v) is 4.47. The van der Waals surface area contributed by atoms with Crippen molar-refractivity contribution in [2.45, 2.75) is 37.0 Å². The maximum Gasteiger partial charge on any atom is 0.243 e. The molecule has 0 aromatic heterocycles. The Balaban J connectivity index is 2.38. The van der Waals surface area contributed by atoms with Crippen molar-refractivity contribution in [2.75, 3.05) is 13.1 Å². The van der Waals surface area contributed by atoms with Gasteiger partial charge in [0.1, 0.15) is 0 Å². The number of halogens is 1. The molecular formula is C13H18ClNO2S. The third-order valence-corrected chi connectivity index (χ3v) is 5.65. The van der Waals surface area contributed by atoms with Gasteiger partial charge in [-0.2, -0.15) is 4.31 Å². The summed E-state index contributed by atoms with van der Waals surface area (Å²) in [6.45, 7) is 4.71. The summed E-state index contributed by atoms with van der Waals surface area (Å²) in [5.41, 5.74) is 1.75. The number of hydrogen-bond donors (Lipinski definition) is 0. The second kappa shape index (κ2) is 5.19. The van der Waals surface area contributed by atoms with Crippen LogP contribution in [0.3, 0.4) is 0 Å². The van der Waals surface area contributed by atoms with Gasteiger partial charge in [0.05, 0.1) is 4.90 Å². The highest BCUT2D eigenvalue weighted by Gasteiger charge is 2.30. The molecule has 0 N–H and O–H groups in total. The number of benzene rings is 1. The topological polar surface area (TPSA) is 37.4 Å². The smallest absolute Gasteiger partial charge is 0.207 e. The number of rotatable bonds is 2. The third-order valence-electron chi connectivity index (χ3n) is 3.29. The van der Waals surface area contributed by atoms with E-state index >= 15 is 0 Å². The van der Waals surface area contributed by atoms with Crippen LogP contribution in [0.2, 0.25) is 0 Å². The molecule has 1 unspecified atom stereocenters. The van der Waals surface area contributed by atoms with Gasteiger partial charge in [-0.3, -0.25) is 0 Å². The molecule has 1 aliphatic rings. The van der Waals surface area contributed by atoms with Gasteiger partial charge in [-0.1, -0.05) is 12.1 Å². The minimum absolute atomic E-state index is 0.0707. The van der Waals surface area contributed by atoms with Crippen molar-refractivity contribution in [3.05, 3.63) is 29.3 Å². The van der Waals surface area contributed by atoms with Crippen molar-refractivity contribution in [2.24, 2.45) is 0 Å². The van der Waals surface area contributed by atoms with Crippen LogP contribution in [0.15, 0.2) is 23.1 Å². The Morgan fingerprint density at radius 1 is 1.33 bits per heavy atom. The lowest BCUT2D eigenvalue weighted by molar-refractivity contribution is 0.350. The molecule has 0 amide bonds. The molecule has 0 bridgehead atoms. The number of aryl methyl sites for hydroxylation is 2. The van der Waals surface area contributed by atoms with Crippen LogP contribution in [0.5, 0.6) is 0 Å². The molecule has 1 fully saturated rings. The minimum atomic E-state index is -3.40. The number of nitrogens with zero attached hydrogens (tertiary/aromatic N) is 1. The van der Waals surface area contributed by atoms with Crippen molar-refractivity contribution in [3.63, 3.8) is 0 Å². The Morgan fingerprint density at radius 2 is 2.06 bits per heavy atom. The molecule has 0 aliphatic carbocycles. The maximum atomic E-state index is 12.6. The predicted molar refractivity (Wildman–Crippen MR) is 73.5 cm³/mol. The molecule has 3 nitrogen and oxygen atoms in total. The van der Waals surface area contributed by atoms with Gasteiger partial charge in [0.2, 0.25) is 10.0 Å². The fourth-order valence-electron chi connectivity index (χ4n) is 2.24. The number of hydrogen-bond acceptors (Lipinski definition) is 2. The largest absolute Gasteiger partial charge is 0.243 e. The van der Waals surface area contributed by atoms with Crippen molar-refractivity contribution in [3.8, 4) is 0 Å². The Labute approximate surface area is 114 Å². The monoisotopic (exact) mass is 287 g/mol. The third kappa shape index (κ3) is 2.71. The Kier molecular flexibility index (Phi) is 3.99. The van der Waals surface area contributed by atoms with Gasteiger partial charge in [-0.05, 0) is 43.9 Å². The number of sulfonamides is 1. The highest BCUT2D eigenvalue weighted by molar-refractivity contribution is 7.89. The van der Waals surface area contributed by atoms with Gasteiger partial charge in [-0.15, -0.1) is 11.6 Å². The van der Waals surface area contributed by atoms with Gasteiger partial charge in [0.15, 0.2) is 0 Å². The summed E-state index contributed by atoms with van der Waals surface area (Å²) >= 11 is 6.07.